The maximum absolute atomic E-state index is 6.01. The van der Waals surface area contributed by atoms with E-state index in [9.17, 15) is 0 Å². The highest BCUT2D eigenvalue weighted by atomic mass is 32.1. The van der Waals surface area contributed by atoms with E-state index in [0.717, 1.165) is 18.8 Å². The standard InChI is InChI=1S/C9H22OSSi/c1-4-12(5-2,6-3)10-8-7-9-11/h11H,4-9H2,1-3H3. The van der Waals surface area contributed by atoms with Crippen LogP contribution in [0, 0.1) is 0 Å². The van der Waals surface area contributed by atoms with Crippen molar-refractivity contribution in [1.82, 2.24) is 0 Å². The first-order chi connectivity index (χ1) is 5.74. The Balaban J connectivity index is 3.76. The fourth-order valence-corrected chi connectivity index (χ4v) is 4.23. The molecule has 1 nitrogen and oxygen atoms in total. The highest BCUT2D eigenvalue weighted by Gasteiger charge is 2.27. The van der Waals surface area contributed by atoms with Crippen molar-refractivity contribution in [3.05, 3.63) is 0 Å². The summed E-state index contributed by atoms with van der Waals surface area (Å²) in [5, 5.41) is 0. The van der Waals surface area contributed by atoms with Crippen molar-refractivity contribution in [2.75, 3.05) is 12.4 Å². The Morgan fingerprint density at radius 2 is 1.58 bits per heavy atom. The second kappa shape index (κ2) is 6.98. The molecule has 0 aromatic heterocycles. The first-order valence-corrected chi connectivity index (χ1v) is 8.15. The molecule has 0 aliphatic carbocycles. The number of rotatable bonds is 7. The van der Waals surface area contributed by atoms with Gasteiger partial charge in [0.2, 0.25) is 0 Å². The van der Waals surface area contributed by atoms with Gasteiger partial charge in [-0.1, -0.05) is 20.8 Å². The zero-order valence-electron chi connectivity index (χ0n) is 8.60. The molecule has 0 aliphatic heterocycles. The molecular formula is C9H22OSSi. The van der Waals surface area contributed by atoms with Crippen molar-refractivity contribution in [2.45, 2.75) is 45.3 Å². The summed E-state index contributed by atoms with van der Waals surface area (Å²) in [6, 6.07) is 3.77. The van der Waals surface area contributed by atoms with Crippen LogP contribution in [0.3, 0.4) is 0 Å². The average molecular weight is 206 g/mol. The maximum atomic E-state index is 6.01. The molecule has 12 heavy (non-hydrogen) atoms. The van der Waals surface area contributed by atoms with E-state index in [1.54, 1.807) is 0 Å². The van der Waals surface area contributed by atoms with Gasteiger partial charge in [-0.25, -0.2) is 0 Å². The lowest BCUT2D eigenvalue weighted by molar-refractivity contribution is 0.300. The van der Waals surface area contributed by atoms with Gasteiger partial charge in [0.15, 0.2) is 8.32 Å². The molecular weight excluding hydrogens is 184 g/mol. The Hall–Kier alpha value is 0.527. The topological polar surface area (TPSA) is 9.23 Å². The summed E-state index contributed by atoms with van der Waals surface area (Å²) < 4.78 is 6.01. The van der Waals surface area contributed by atoms with Gasteiger partial charge in [0.25, 0.3) is 0 Å². The van der Waals surface area contributed by atoms with Crippen LogP contribution in [0.2, 0.25) is 18.1 Å². The van der Waals surface area contributed by atoms with Crippen molar-refractivity contribution in [2.24, 2.45) is 0 Å². The van der Waals surface area contributed by atoms with Gasteiger partial charge in [0, 0.05) is 6.61 Å². The van der Waals surface area contributed by atoms with E-state index in [-0.39, 0.29) is 0 Å². The second-order valence-corrected chi connectivity index (χ2v) is 8.39. The van der Waals surface area contributed by atoms with E-state index in [0.29, 0.717) is 0 Å². The molecule has 0 rings (SSSR count). The maximum Gasteiger partial charge on any atom is 0.191 e. The van der Waals surface area contributed by atoms with Crippen LogP contribution in [0.25, 0.3) is 0 Å². The summed E-state index contributed by atoms with van der Waals surface area (Å²) in [6.07, 6.45) is 1.10. The first-order valence-electron chi connectivity index (χ1n) is 4.99. The number of hydrogen-bond acceptors (Lipinski definition) is 2. The van der Waals surface area contributed by atoms with Gasteiger partial charge < -0.3 is 4.43 Å². The fraction of sp³-hybridized carbons (Fsp3) is 1.00. The van der Waals surface area contributed by atoms with E-state index in [4.69, 9.17) is 4.43 Å². The van der Waals surface area contributed by atoms with Crippen LogP contribution >= 0.6 is 12.6 Å². The molecule has 74 valence electrons. The minimum atomic E-state index is -1.29. The first kappa shape index (κ1) is 12.5. The van der Waals surface area contributed by atoms with Crippen LogP contribution in [0.5, 0.6) is 0 Å². The molecule has 0 saturated heterocycles. The van der Waals surface area contributed by atoms with E-state index in [1.807, 2.05) is 0 Å². The van der Waals surface area contributed by atoms with Gasteiger partial charge in [-0.15, -0.1) is 0 Å². The van der Waals surface area contributed by atoms with Gasteiger partial charge in [0.1, 0.15) is 0 Å². The van der Waals surface area contributed by atoms with Crippen molar-refractivity contribution in [1.29, 1.82) is 0 Å². The average Bonchev–Trinajstić information content (AvgIpc) is 2.14. The highest BCUT2D eigenvalue weighted by Crippen LogP contribution is 2.21. The van der Waals surface area contributed by atoms with Crippen molar-refractivity contribution in [3.8, 4) is 0 Å². The van der Waals surface area contributed by atoms with Gasteiger partial charge in [0.05, 0.1) is 0 Å². The predicted octanol–water partition coefficient (Wildman–Crippen LogP) is 3.33. The van der Waals surface area contributed by atoms with Crippen LogP contribution < -0.4 is 0 Å². The lowest BCUT2D eigenvalue weighted by atomic mass is 10.5. The lowest BCUT2D eigenvalue weighted by Gasteiger charge is -2.27. The molecule has 0 bridgehead atoms. The number of thiol groups is 1. The van der Waals surface area contributed by atoms with Crippen LogP contribution in [0.1, 0.15) is 27.2 Å². The minimum absolute atomic E-state index is 0.922. The van der Waals surface area contributed by atoms with Gasteiger partial charge in [-0.3, -0.25) is 0 Å². The monoisotopic (exact) mass is 206 g/mol. The Labute approximate surface area is 83.4 Å². The Bertz CT molecular complexity index is 96.4. The third kappa shape index (κ3) is 3.96. The van der Waals surface area contributed by atoms with Crippen molar-refractivity contribution >= 4 is 20.9 Å². The summed E-state index contributed by atoms with van der Waals surface area (Å²) in [5.41, 5.74) is 0. The highest BCUT2D eigenvalue weighted by molar-refractivity contribution is 7.80. The van der Waals surface area contributed by atoms with Crippen LogP contribution in [0.4, 0.5) is 0 Å². The molecule has 0 saturated carbocycles. The second-order valence-electron chi connectivity index (χ2n) is 3.17. The van der Waals surface area contributed by atoms with E-state index in [1.165, 1.54) is 18.1 Å². The molecule has 0 aromatic carbocycles. The van der Waals surface area contributed by atoms with E-state index >= 15 is 0 Å². The SMILES string of the molecule is CC[Si](CC)(CC)OCCCS. The zero-order valence-corrected chi connectivity index (χ0v) is 10.5. The molecule has 0 spiro atoms. The summed E-state index contributed by atoms with van der Waals surface area (Å²) in [4.78, 5) is 0. The van der Waals surface area contributed by atoms with Gasteiger partial charge >= 0.3 is 0 Å². The quantitative estimate of drug-likeness (QED) is 0.382. The molecule has 0 fully saturated rings. The Morgan fingerprint density at radius 1 is 1.08 bits per heavy atom. The third-order valence-corrected chi connectivity index (χ3v) is 7.64. The Kier molecular flexibility index (Phi) is 7.29. The number of hydrogen-bond donors (Lipinski definition) is 1. The molecule has 0 atom stereocenters. The summed E-state index contributed by atoms with van der Waals surface area (Å²) in [6.45, 7) is 7.71. The normalized spacial score (nSPS) is 12.0. The molecule has 0 N–H and O–H groups in total. The molecule has 0 aliphatic rings. The fourth-order valence-electron chi connectivity index (χ4n) is 1.41. The van der Waals surface area contributed by atoms with Gasteiger partial charge in [-0.2, -0.15) is 12.6 Å². The van der Waals surface area contributed by atoms with Crippen molar-refractivity contribution < 1.29 is 4.43 Å². The smallest absolute Gasteiger partial charge is 0.191 e. The zero-order chi connectivity index (χ0) is 9.45. The van der Waals surface area contributed by atoms with Crippen LogP contribution in [0.15, 0.2) is 0 Å². The van der Waals surface area contributed by atoms with Crippen LogP contribution in [-0.2, 0) is 4.43 Å². The van der Waals surface area contributed by atoms with Crippen LogP contribution in [-0.4, -0.2) is 20.7 Å². The molecule has 3 heteroatoms. The molecule has 0 radical (unpaired) electrons. The molecule has 0 aromatic rings. The van der Waals surface area contributed by atoms with Crippen molar-refractivity contribution in [3.63, 3.8) is 0 Å². The lowest BCUT2D eigenvalue weighted by Crippen LogP contribution is -2.36. The van der Waals surface area contributed by atoms with Gasteiger partial charge in [-0.05, 0) is 30.3 Å². The molecule has 0 unspecified atom stereocenters. The van der Waals surface area contributed by atoms with E-state index in [2.05, 4.69) is 33.4 Å². The summed E-state index contributed by atoms with van der Waals surface area (Å²) in [7, 11) is -1.29. The summed E-state index contributed by atoms with van der Waals surface area (Å²) in [5.74, 6) is 0.946. The van der Waals surface area contributed by atoms with E-state index < -0.39 is 8.32 Å². The summed E-state index contributed by atoms with van der Waals surface area (Å²) >= 11 is 4.17. The minimum Gasteiger partial charge on any atom is -0.417 e. The predicted molar refractivity (Wildman–Crippen MR) is 61.6 cm³/mol. The largest absolute Gasteiger partial charge is 0.417 e. The molecule has 0 heterocycles. The molecule has 0 amide bonds. The third-order valence-electron chi connectivity index (χ3n) is 2.64. The Morgan fingerprint density at radius 3 is 1.92 bits per heavy atom.